The van der Waals surface area contributed by atoms with Gasteiger partial charge >= 0.3 is 0 Å². The molecule has 0 fully saturated rings. The molecule has 1 aromatic rings. The first kappa shape index (κ1) is 10.0. The van der Waals surface area contributed by atoms with Gasteiger partial charge in [0.05, 0.1) is 13.2 Å². The number of rotatable bonds is 6. The lowest BCUT2D eigenvalue weighted by molar-refractivity contribution is -0.00847. The van der Waals surface area contributed by atoms with Crippen LogP contribution in [-0.2, 0) is 9.47 Å². The highest BCUT2D eigenvalue weighted by molar-refractivity contribution is 5.19. The Labute approximate surface area is 78.2 Å². The van der Waals surface area contributed by atoms with E-state index in [2.05, 4.69) is 6.07 Å². The van der Waals surface area contributed by atoms with Gasteiger partial charge in [-0.2, -0.15) is 0 Å². The van der Waals surface area contributed by atoms with E-state index in [0.717, 1.165) is 5.75 Å². The molecule has 3 heteroatoms. The molecule has 0 atom stereocenters. The van der Waals surface area contributed by atoms with Crippen molar-refractivity contribution in [1.82, 2.24) is 0 Å². The van der Waals surface area contributed by atoms with Gasteiger partial charge in [0.15, 0.2) is 6.79 Å². The van der Waals surface area contributed by atoms with Crippen molar-refractivity contribution in [1.29, 1.82) is 0 Å². The molecule has 0 aliphatic heterocycles. The van der Waals surface area contributed by atoms with Crippen LogP contribution in [-0.4, -0.2) is 27.1 Å². The summed E-state index contributed by atoms with van der Waals surface area (Å²) >= 11 is 0. The average Bonchev–Trinajstić information content (AvgIpc) is 2.19. The van der Waals surface area contributed by atoms with Gasteiger partial charge in [0, 0.05) is 7.11 Å². The molecule has 0 aromatic heterocycles. The largest absolute Gasteiger partial charge is 0.468 e. The molecular formula is C10H13O3. The minimum Gasteiger partial charge on any atom is -0.468 e. The lowest BCUT2D eigenvalue weighted by Gasteiger charge is -2.05. The topological polar surface area (TPSA) is 27.7 Å². The van der Waals surface area contributed by atoms with Gasteiger partial charge < -0.3 is 14.2 Å². The van der Waals surface area contributed by atoms with E-state index in [1.54, 1.807) is 13.2 Å². The van der Waals surface area contributed by atoms with Gasteiger partial charge in [-0.1, -0.05) is 12.1 Å². The molecule has 0 unspecified atom stereocenters. The quantitative estimate of drug-likeness (QED) is 0.491. The fraction of sp³-hybridized carbons (Fsp3) is 0.400. The van der Waals surface area contributed by atoms with Crippen molar-refractivity contribution in [3.63, 3.8) is 0 Å². The normalized spacial score (nSPS) is 9.92. The Morgan fingerprint density at radius 3 is 3.00 bits per heavy atom. The van der Waals surface area contributed by atoms with E-state index in [4.69, 9.17) is 14.2 Å². The van der Waals surface area contributed by atoms with Crippen LogP contribution in [0.4, 0.5) is 0 Å². The standard InChI is InChI=1S/C10H13O3/c1-11-7-8-12-9-13-10-5-3-2-4-6-10/h2-3,5-6H,7-9H2,1H3. The first-order chi connectivity index (χ1) is 6.43. The summed E-state index contributed by atoms with van der Waals surface area (Å²) in [6, 6.07) is 10.2. The summed E-state index contributed by atoms with van der Waals surface area (Å²) < 4.78 is 15.2. The van der Waals surface area contributed by atoms with E-state index < -0.39 is 0 Å². The maximum absolute atomic E-state index is 5.24. The molecule has 0 aliphatic rings. The van der Waals surface area contributed by atoms with E-state index in [9.17, 15) is 0 Å². The van der Waals surface area contributed by atoms with Crippen LogP contribution < -0.4 is 4.74 Å². The predicted octanol–water partition coefficient (Wildman–Crippen LogP) is 1.49. The van der Waals surface area contributed by atoms with Crippen LogP contribution in [0.1, 0.15) is 0 Å². The number of hydrogen-bond donors (Lipinski definition) is 0. The average molecular weight is 181 g/mol. The zero-order valence-corrected chi connectivity index (χ0v) is 7.66. The molecule has 0 heterocycles. The lowest BCUT2D eigenvalue weighted by Crippen LogP contribution is -2.07. The molecule has 0 amide bonds. The fourth-order valence-electron chi connectivity index (χ4n) is 0.778. The number of benzene rings is 1. The maximum Gasteiger partial charge on any atom is 0.189 e. The van der Waals surface area contributed by atoms with Gasteiger partial charge in [0.25, 0.3) is 0 Å². The fourth-order valence-corrected chi connectivity index (χ4v) is 0.778. The second-order valence-corrected chi connectivity index (χ2v) is 2.40. The molecule has 13 heavy (non-hydrogen) atoms. The van der Waals surface area contributed by atoms with Gasteiger partial charge in [-0.15, -0.1) is 0 Å². The Kier molecular flexibility index (Phi) is 4.98. The summed E-state index contributed by atoms with van der Waals surface area (Å²) in [7, 11) is 1.64. The third kappa shape index (κ3) is 4.50. The molecule has 0 aliphatic carbocycles. The van der Waals surface area contributed by atoms with Crippen molar-refractivity contribution >= 4 is 0 Å². The third-order valence-corrected chi connectivity index (χ3v) is 1.42. The SMILES string of the molecule is COCCOCOc1c[c]ccc1. The maximum atomic E-state index is 5.24. The Balaban J connectivity index is 2.07. The molecule has 0 saturated carbocycles. The van der Waals surface area contributed by atoms with Crippen LogP contribution >= 0.6 is 0 Å². The molecule has 0 saturated heterocycles. The van der Waals surface area contributed by atoms with E-state index in [-0.39, 0.29) is 6.79 Å². The van der Waals surface area contributed by atoms with Crippen molar-refractivity contribution in [2.24, 2.45) is 0 Å². The summed E-state index contributed by atoms with van der Waals surface area (Å²) in [5.74, 6) is 0.764. The van der Waals surface area contributed by atoms with Gasteiger partial charge in [-0.3, -0.25) is 0 Å². The number of methoxy groups -OCH3 is 1. The molecule has 0 bridgehead atoms. The van der Waals surface area contributed by atoms with E-state index in [1.165, 1.54) is 0 Å². The van der Waals surface area contributed by atoms with Crippen molar-refractivity contribution in [3.8, 4) is 5.75 Å². The Hall–Kier alpha value is -1.06. The molecular weight excluding hydrogens is 168 g/mol. The zero-order valence-electron chi connectivity index (χ0n) is 7.66. The van der Waals surface area contributed by atoms with E-state index >= 15 is 0 Å². The number of ether oxygens (including phenoxy) is 3. The first-order valence-corrected chi connectivity index (χ1v) is 4.09. The number of hydrogen-bond acceptors (Lipinski definition) is 3. The highest BCUT2D eigenvalue weighted by Gasteiger charge is 1.90. The highest BCUT2D eigenvalue weighted by atomic mass is 16.7. The first-order valence-electron chi connectivity index (χ1n) is 4.09. The second-order valence-electron chi connectivity index (χ2n) is 2.40. The molecule has 0 spiro atoms. The molecule has 71 valence electrons. The van der Waals surface area contributed by atoms with Crippen LogP contribution in [0, 0.1) is 6.07 Å². The molecule has 1 aromatic carbocycles. The van der Waals surface area contributed by atoms with Crippen molar-refractivity contribution in [2.75, 3.05) is 27.1 Å². The minimum absolute atomic E-state index is 0.251. The molecule has 0 N–H and O–H groups in total. The summed E-state index contributed by atoms with van der Waals surface area (Å²) in [6.07, 6.45) is 0. The monoisotopic (exact) mass is 181 g/mol. The molecule has 1 radical (unpaired) electrons. The van der Waals surface area contributed by atoms with Crippen LogP contribution in [0.25, 0.3) is 0 Å². The summed E-state index contributed by atoms with van der Waals surface area (Å²) in [5, 5.41) is 0. The van der Waals surface area contributed by atoms with Crippen LogP contribution in [0.15, 0.2) is 24.3 Å². The zero-order chi connectivity index (χ0) is 9.36. The Morgan fingerprint density at radius 1 is 1.38 bits per heavy atom. The minimum atomic E-state index is 0.251. The van der Waals surface area contributed by atoms with Gasteiger partial charge in [-0.05, 0) is 18.2 Å². The highest BCUT2D eigenvalue weighted by Crippen LogP contribution is 2.07. The lowest BCUT2D eigenvalue weighted by atomic mass is 10.3. The van der Waals surface area contributed by atoms with Gasteiger partial charge in [-0.25, -0.2) is 0 Å². The smallest absolute Gasteiger partial charge is 0.189 e. The summed E-state index contributed by atoms with van der Waals surface area (Å²) in [6.45, 7) is 1.39. The third-order valence-electron chi connectivity index (χ3n) is 1.42. The Bertz CT molecular complexity index is 211. The van der Waals surface area contributed by atoms with Crippen LogP contribution in [0.3, 0.4) is 0 Å². The van der Waals surface area contributed by atoms with Gasteiger partial charge in [0.1, 0.15) is 5.75 Å². The van der Waals surface area contributed by atoms with Gasteiger partial charge in [0.2, 0.25) is 0 Å². The predicted molar refractivity (Wildman–Crippen MR) is 48.6 cm³/mol. The van der Waals surface area contributed by atoms with Crippen molar-refractivity contribution < 1.29 is 14.2 Å². The van der Waals surface area contributed by atoms with Crippen LogP contribution in [0.5, 0.6) is 5.75 Å². The molecule has 1 rings (SSSR count). The second kappa shape index (κ2) is 6.46. The van der Waals surface area contributed by atoms with E-state index in [0.29, 0.717) is 13.2 Å². The summed E-state index contributed by atoms with van der Waals surface area (Å²) in [4.78, 5) is 0. The Morgan fingerprint density at radius 2 is 2.31 bits per heavy atom. The van der Waals surface area contributed by atoms with Crippen molar-refractivity contribution in [3.05, 3.63) is 30.3 Å². The summed E-state index contributed by atoms with van der Waals surface area (Å²) in [5.41, 5.74) is 0. The van der Waals surface area contributed by atoms with Crippen LogP contribution in [0.2, 0.25) is 0 Å². The van der Waals surface area contributed by atoms with E-state index in [1.807, 2.05) is 18.2 Å². The molecule has 3 nitrogen and oxygen atoms in total. The van der Waals surface area contributed by atoms with Crippen molar-refractivity contribution in [2.45, 2.75) is 0 Å².